The van der Waals surface area contributed by atoms with Gasteiger partial charge < -0.3 is 10.1 Å². The van der Waals surface area contributed by atoms with Crippen molar-refractivity contribution in [3.8, 4) is 5.75 Å². The molecule has 0 aromatic heterocycles. The van der Waals surface area contributed by atoms with Crippen molar-refractivity contribution in [1.82, 2.24) is 10.6 Å². The van der Waals surface area contributed by atoms with Crippen molar-refractivity contribution in [3.63, 3.8) is 0 Å². The molecule has 2 N–H and O–H groups in total. The number of amides is 3. The molecule has 0 saturated heterocycles. The molecule has 0 bridgehead atoms. The van der Waals surface area contributed by atoms with Gasteiger partial charge in [-0.05, 0) is 30.9 Å². The van der Waals surface area contributed by atoms with E-state index in [4.69, 9.17) is 16.3 Å². The number of hydrogen-bond acceptors (Lipinski definition) is 3. The Labute approximate surface area is 135 Å². The summed E-state index contributed by atoms with van der Waals surface area (Å²) in [5, 5.41) is 5.56. The van der Waals surface area contributed by atoms with Crippen molar-refractivity contribution in [2.24, 2.45) is 5.92 Å². The molecule has 0 spiro atoms. The molecule has 5 nitrogen and oxygen atoms in total. The summed E-state index contributed by atoms with van der Waals surface area (Å²) in [6.45, 7) is 1.86. The Bertz CT molecular complexity index is 536. The number of urea groups is 1. The molecule has 0 unspecified atom stereocenters. The number of benzene rings is 1. The second-order valence-corrected chi connectivity index (χ2v) is 6.02. The Morgan fingerprint density at radius 3 is 2.73 bits per heavy atom. The standard InChI is InChI=1S/C16H21ClN2O3/c1-11-6-2-4-8-13(11)18-16(21)19-15(20)10-22-14-9-5-3-7-12(14)17/h3,5,7,9,11,13H,2,4,6,8,10H2,1H3,(H2,18,19,20,21)/t11-,13+/m1/s1. The fourth-order valence-corrected chi connectivity index (χ4v) is 2.79. The maximum atomic E-state index is 11.8. The van der Waals surface area contributed by atoms with Gasteiger partial charge in [-0.2, -0.15) is 0 Å². The minimum Gasteiger partial charge on any atom is -0.482 e. The first-order chi connectivity index (χ1) is 10.6. The van der Waals surface area contributed by atoms with E-state index >= 15 is 0 Å². The van der Waals surface area contributed by atoms with Crippen LogP contribution in [0.25, 0.3) is 0 Å². The maximum Gasteiger partial charge on any atom is 0.321 e. The van der Waals surface area contributed by atoms with Crippen LogP contribution >= 0.6 is 11.6 Å². The van der Waals surface area contributed by atoms with Gasteiger partial charge in [-0.1, -0.05) is 43.5 Å². The molecule has 1 aromatic carbocycles. The van der Waals surface area contributed by atoms with E-state index in [1.54, 1.807) is 24.3 Å². The number of para-hydroxylation sites is 1. The summed E-state index contributed by atoms with van der Waals surface area (Å²) < 4.78 is 5.29. The van der Waals surface area contributed by atoms with Crippen LogP contribution in [0.3, 0.4) is 0 Å². The monoisotopic (exact) mass is 324 g/mol. The lowest BCUT2D eigenvalue weighted by atomic mass is 9.86. The predicted octanol–water partition coefficient (Wildman–Crippen LogP) is 3.12. The number of rotatable bonds is 4. The highest BCUT2D eigenvalue weighted by Crippen LogP contribution is 2.24. The third kappa shape index (κ3) is 4.91. The largest absolute Gasteiger partial charge is 0.482 e. The molecule has 0 radical (unpaired) electrons. The molecule has 1 aliphatic rings. The Hall–Kier alpha value is -1.75. The van der Waals surface area contributed by atoms with Crippen LogP contribution in [0.5, 0.6) is 5.75 Å². The Kier molecular flexibility index (Phi) is 6.07. The quantitative estimate of drug-likeness (QED) is 0.894. The van der Waals surface area contributed by atoms with Crippen LogP contribution in [0, 0.1) is 5.92 Å². The number of carbonyl (C=O) groups excluding carboxylic acids is 2. The summed E-state index contributed by atoms with van der Waals surface area (Å²) in [6, 6.07) is 6.54. The van der Waals surface area contributed by atoms with Crippen LogP contribution in [0.15, 0.2) is 24.3 Å². The van der Waals surface area contributed by atoms with Gasteiger partial charge in [0.25, 0.3) is 5.91 Å². The lowest BCUT2D eigenvalue weighted by molar-refractivity contribution is -0.122. The minimum atomic E-state index is -0.499. The van der Waals surface area contributed by atoms with E-state index in [2.05, 4.69) is 17.6 Å². The van der Waals surface area contributed by atoms with Crippen molar-refractivity contribution in [1.29, 1.82) is 0 Å². The molecular weight excluding hydrogens is 304 g/mol. The van der Waals surface area contributed by atoms with Crippen molar-refractivity contribution in [3.05, 3.63) is 29.3 Å². The minimum absolute atomic E-state index is 0.131. The number of halogens is 1. The fraction of sp³-hybridized carbons (Fsp3) is 0.500. The molecule has 0 heterocycles. The zero-order valence-corrected chi connectivity index (χ0v) is 13.4. The highest BCUT2D eigenvalue weighted by molar-refractivity contribution is 6.32. The van der Waals surface area contributed by atoms with Gasteiger partial charge >= 0.3 is 6.03 Å². The fourth-order valence-electron chi connectivity index (χ4n) is 2.60. The molecule has 1 aromatic rings. The summed E-state index contributed by atoms with van der Waals surface area (Å²) in [5.41, 5.74) is 0. The predicted molar refractivity (Wildman–Crippen MR) is 85.0 cm³/mol. The van der Waals surface area contributed by atoms with E-state index in [1.165, 1.54) is 6.42 Å². The maximum absolute atomic E-state index is 11.8. The molecule has 1 fully saturated rings. The van der Waals surface area contributed by atoms with Gasteiger partial charge in [0.05, 0.1) is 5.02 Å². The molecule has 22 heavy (non-hydrogen) atoms. The smallest absolute Gasteiger partial charge is 0.321 e. The van der Waals surface area contributed by atoms with Gasteiger partial charge in [0, 0.05) is 6.04 Å². The summed E-state index contributed by atoms with van der Waals surface area (Å²) in [4.78, 5) is 23.5. The highest BCUT2D eigenvalue weighted by Gasteiger charge is 2.23. The van der Waals surface area contributed by atoms with Gasteiger partial charge in [0.15, 0.2) is 6.61 Å². The summed E-state index contributed by atoms with van der Waals surface area (Å²) in [6.07, 6.45) is 4.37. The normalized spacial score (nSPS) is 21.0. The zero-order valence-electron chi connectivity index (χ0n) is 12.6. The third-order valence-corrected chi connectivity index (χ3v) is 4.19. The van der Waals surface area contributed by atoms with E-state index in [0.717, 1.165) is 19.3 Å². The average Bonchev–Trinajstić information content (AvgIpc) is 2.49. The van der Waals surface area contributed by atoms with Crippen LogP contribution in [-0.4, -0.2) is 24.6 Å². The van der Waals surface area contributed by atoms with Crippen LogP contribution < -0.4 is 15.4 Å². The molecule has 3 amide bonds. The number of nitrogens with one attached hydrogen (secondary N) is 2. The summed E-state index contributed by atoms with van der Waals surface area (Å²) >= 11 is 5.92. The van der Waals surface area contributed by atoms with Gasteiger partial charge in [-0.15, -0.1) is 0 Å². The number of imide groups is 1. The molecule has 1 aliphatic carbocycles. The molecule has 1 saturated carbocycles. The van der Waals surface area contributed by atoms with Crippen molar-refractivity contribution in [2.75, 3.05) is 6.61 Å². The van der Waals surface area contributed by atoms with Crippen molar-refractivity contribution >= 4 is 23.5 Å². The van der Waals surface area contributed by atoms with Crippen LogP contribution in [0.1, 0.15) is 32.6 Å². The second-order valence-electron chi connectivity index (χ2n) is 5.61. The van der Waals surface area contributed by atoms with Crippen LogP contribution in [-0.2, 0) is 4.79 Å². The Morgan fingerprint density at radius 1 is 1.27 bits per heavy atom. The van der Waals surface area contributed by atoms with Crippen LogP contribution in [0.2, 0.25) is 5.02 Å². The van der Waals surface area contributed by atoms with Crippen LogP contribution in [0.4, 0.5) is 4.79 Å². The topological polar surface area (TPSA) is 67.4 Å². The van der Waals surface area contributed by atoms with E-state index in [9.17, 15) is 9.59 Å². The van der Waals surface area contributed by atoms with Gasteiger partial charge in [-0.25, -0.2) is 4.79 Å². The Morgan fingerprint density at radius 2 is 2.00 bits per heavy atom. The van der Waals surface area contributed by atoms with Crippen molar-refractivity contribution in [2.45, 2.75) is 38.6 Å². The first-order valence-corrected chi connectivity index (χ1v) is 7.91. The average molecular weight is 325 g/mol. The lowest BCUT2D eigenvalue weighted by Crippen LogP contribution is -2.48. The van der Waals surface area contributed by atoms with Gasteiger partial charge in [-0.3, -0.25) is 10.1 Å². The van der Waals surface area contributed by atoms with E-state index in [-0.39, 0.29) is 12.6 Å². The van der Waals surface area contributed by atoms with E-state index < -0.39 is 11.9 Å². The molecule has 2 rings (SSSR count). The summed E-state index contributed by atoms with van der Waals surface area (Å²) in [5.74, 6) is 0.357. The molecule has 120 valence electrons. The SMILES string of the molecule is C[C@@H]1CCCC[C@@H]1NC(=O)NC(=O)COc1ccccc1Cl. The van der Waals surface area contributed by atoms with Gasteiger partial charge in [0.1, 0.15) is 5.75 Å². The molecular formula is C16H21ClN2O3. The third-order valence-electron chi connectivity index (χ3n) is 3.88. The first-order valence-electron chi connectivity index (χ1n) is 7.54. The molecule has 0 aliphatic heterocycles. The highest BCUT2D eigenvalue weighted by atomic mass is 35.5. The van der Waals surface area contributed by atoms with Gasteiger partial charge in [0.2, 0.25) is 0 Å². The molecule has 6 heteroatoms. The Balaban J connectivity index is 1.74. The second kappa shape index (κ2) is 8.03. The summed E-state index contributed by atoms with van der Waals surface area (Å²) in [7, 11) is 0. The van der Waals surface area contributed by atoms with E-state index in [0.29, 0.717) is 16.7 Å². The number of ether oxygens (including phenoxy) is 1. The van der Waals surface area contributed by atoms with Crippen molar-refractivity contribution < 1.29 is 14.3 Å². The first kappa shape index (κ1) is 16.6. The molecule has 2 atom stereocenters. The number of hydrogen-bond donors (Lipinski definition) is 2. The van der Waals surface area contributed by atoms with E-state index in [1.807, 2.05) is 0 Å². The lowest BCUT2D eigenvalue weighted by Gasteiger charge is -2.29. The zero-order chi connectivity index (χ0) is 15.9. The number of carbonyl (C=O) groups is 2.